The standard InChI is InChI=1S/C22H21ClN4O7S/c1-32-15-7-10-19(20(11-15)33-2)26-21(28)22(29)27-24-12-16-5-6-17(34-16)13-25-35(30,31)18-8-3-14(23)4-9-18/h3-12,25H,13H2,1-2H3,(H,26,28)(H,27,29)/b24-12+. The van der Waals surface area contributed by atoms with E-state index in [1.54, 1.807) is 12.1 Å². The molecule has 0 atom stereocenters. The SMILES string of the molecule is COc1ccc(NC(=O)C(=O)N/N=C/c2ccc(CNS(=O)(=O)c3ccc(Cl)cc3)o2)c(OC)c1. The van der Waals surface area contributed by atoms with Crippen LogP contribution in [-0.4, -0.2) is 40.7 Å². The number of hydrogen-bond acceptors (Lipinski definition) is 8. The molecule has 35 heavy (non-hydrogen) atoms. The van der Waals surface area contributed by atoms with Crippen LogP contribution in [0.2, 0.25) is 5.02 Å². The van der Waals surface area contributed by atoms with E-state index in [0.717, 1.165) is 6.21 Å². The summed E-state index contributed by atoms with van der Waals surface area (Å²) >= 11 is 5.77. The van der Waals surface area contributed by atoms with E-state index >= 15 is 0 Å². The molecule has 2 amide bonds. The highest BCUT2D eigenvalue weighted by Crippen LogP contribution is 2.28. The van der Waals surface area contributed by atoms with Gasteiger partial charge in [-0.2, -0.15) is 5.10 Å². The maximum atomic E-state index is 12.3. The Morgan fingerprint density at radius 3 is 2.46 bits per heavy atom. The molecule has 2 aromatic carbocycles. The minimum Gasteiger partial charge on any atom is -0.497 e. The van der Waals surface area contributed by atoms with Crippen LogP contribution < -0.4 is 24.9 Å². The average Bonchev–Trinajstić information content (AvgIpc) is 3.31. The summed E-state index contributed by atoms with van der Waals surface area (Å²) in [5.74, 6) is -0.639. The Balaban J connectivity index is 1.52. The van der Waals surface area contributed by atoms with E-state index < -0.39 is 21.8 Å². The molecular formula is C22H21ClN4O7S. The Labute approximate surface area is 206 Å². The number of sulfonamides is 1. The fourth-order valence-electron chi connectivity index (χ4n) is 2.71. The lowest BCUT2D eigenvalue weighted by molar-refractivity contribution is -0.136. The first-order valence-electron chi connectivity index (χ1n) is 9.92. The van der Waals surface area contributed by atoms with Crippen molar-refractivity contribution in [3.05, 3.63) is 71.1 Å². The van der Waals surface area contributed by atoms with Crippen LogP contribution in [0, 0.1) is 0 Å². The Hall–Kier alpha value is -3.87. The van der Waals surface area contributed by atoms with Crippen molar-refractivity contribution in [2.24, 2.45) is 5.10 Å². The number of carbonyl (C=O) groups excluding carboxylic acids is 2. The van der Waals surface area contributed by atoms with Gasteiger partial charge >= 0.3 is 11.8 Å². The third-order valence-corrected chi connectivity index (χ3v) is 6.13. The van der Waals surface area contributed by atoms with Gasteiger partial charge in [0, 0.05) is 11.1 Å². The Kier molecular flexibility index (Phi) is 8.47. The number of benzene rings is 2. The first kappa shape index (κ1) is 25.7. The summed E-state index contributed by atoms with van der Waals surface area (Å²) in [7, 11) is -0.860. The lowest BCUT2D eigenvalue weighted by Crippen LogP contribution is -2.32. The predicted molar refractivity (Wildman–Crippen MR) is 128 cm³/mol. The van der Waals surface area contributed by atoms with E-state index in [9.17, 15) is 18.0 Å². The second-order valence-corrected chi connectivity index (χ2v) is 9.01. The van der Waals surface area contributed by atoms with Crippen molar-refractivity contribution < 1.29 is 31.9 Å². The molecule has 0 saturated heterocycles. The number of carbonyl (C=O) groups is 2. The van der Waals surface area contributed by atoms with Crippen LogP contribution in [0.3, 0.4) is 0 Å². The van der Waals surface area contributed by atoms with Crippen LogP contribution in [0.5, 0.6) is 11.5 Å². The molecule has 184 valence electrons. The molecule has 0 saturated carbocycles. The lowest BCUT2D eigenvalue weighted by Gasteiger charge is -2.10. The molecule has 0 aliphatic rings. The molecule has 3 aromatic rings. The fraction of sp³-hybridized carbons (Fsp3) is 0.136. The van der Waals surface area contributed by atoms with Gasteiger partial charge in [-0.05, 0) is 48.5 Å². The van der Waals surface area contributed by atoms with Crippen molar-refractivity contribution >= 4 is 45.3 Å². The van der Waals surface area contributed by atoms with E-state index in [1.165, 1.54) is 56.7 Å². The first-order valence-corrected chi connectivity index (χ1v) is 11.8. The molecular weight excluding hydrogens is 500 g/mol. The van der Waals surface area contributed by atoms with Crippen LogP contribution in [-0.2, 0) is 26.2 Å². The molecule has 0 aliphatic carbocycles. The second-order valence-electron chi connectivity index (χ2n) is 6.80. The Bertz CT molecular complexity index is 1340. The highest BCUT2D eigenvalue weighted by Gasteiger charge is 2.16. The summed E-state index contributed by atoms with van der Waals surface area (Å²) in [4.78, 5) is 24.2. The molecule has 13 heteroatoms. The van der Waals surface area contributed by atoms with Gasteiger partial charge < -0.3 is 19.2 Å². The number of hydrazone groups is 1. The van der Waals surface area contributed by atoms with Crippen LogP contribution in [0.1, 0.15) is 11.5 Å². The smallest absolute Gasteiger partial charge is 0.329 e. The second kappa shape index (κ2) is 11.5. The van der Waals surface area contributed by atoms with E-state index in [-0.39, 0.29) is 22.9 Å². The number of nitrogens with zero attached hydrogens (tertiary/aromatic N) is 1. The number of methoxy groups -OCH3 is 2. The topological polar surface area (TPSA) is 148 Å². The van der Waals surface area contributed by atoms with Crippen LogP contribution in [0.4, 0.5) is 5.69 Å². The van der Waals surface area contributed by atoms with E-state index in [1.807, 2.05) is 0 Å². The molecule has 0 radical (unpaired) electrons. The molecule has 0 unspecified atom stereocenters. The molecule has 0 spiro atoms. The molecule has 0 aliphatic heterocycles. The highest BCUT2D eigenvalue weighted by molar-refractivity contribution is 7.89. The number of amides is 2. The van der Waals surface area contributed by atoms with E-state index in [0.29, 0.717) is 22.3 Å². The summed E-state index contributed by atoms with van der Waals surface area (Å²) in [5, 5.41) is 6.50. The maximum absolute atomic E-state index is 12.3. The highest BCUT2D eigenvalue weighted by atomic mass is 35.5. The van der Waals surface area contributed by atoms with Crippen LogP contribution in [0.25, 0.3) is 0 Å². The van der Waals surface area contributed by atoms with Crippen molar-refractivity contribution in [2.45, 2.75) is 11.4 Å². The van der Waals surface area contributed by atoms with Gasteiger partial charge in [-0.25, -0.2) is 18.6 Å². The number of hydrogen-bond donors (Lipinski definition) is 3. The maximum Gasteiger partial charge on any atom is 0.329 e. The molecule has 3 N–H and O–H groups in total. The summed E-state index contributed by atoms with van der Waals surface area (Å²) < 4.78 is 42.7. The Morgan fingerprint density at radius 1 is 1.03 bits per heavy atom. The molecule has 3 rings (SSSR count). The monoisotopic (exact) mass is 520 g/mol. The average molecular weight is 521 g/mol. The quantitative estimate of drug-likeness (QED) is 0.223. The fourth-order valence-corrected chi connectivity index (χ4v) is 3.83. The van der Waals surface area contributed by atoms with Gasteiger partial charge in [0.05, 0.1) is 37.6 Å². The normalized spacial score (nSPS) is 11.3. The van der Waals surface area contributed by atoms with Gasteiger partial charge in [0.25, 0.3) is 0 Å². The summed E-state index contributed by atoms with van der Waals surface area (Å²) in [6.07, 6.45) is 1.16. The van der Waals surface area contributed by atoms with Crippen molar-refractivity contribution in [1.82, 2.24) is 10.1 Å². The van der Waals surface area contributed by atoms with E-state index in [2.05, 4.69) is 20.6 Å². The Morgan fingerprint density at radius 2 is 1.77 bits per heavy atom. The minimum absolute atomic E-state index is 0.0588. The number of nitrogens with one attached hydrogen (secondary N) is 3. The van der Waals surface area contributed by atoms with Gasteiger partial charge in [-0.15, -0.1) is 0 Å². The first-order chi connectivity index (χ1) is 16.7. The number of rotatable bonds is 9. The van der Waals surface area contributed by atoms with Gasteiger partial charge in [0.1, 0.15) is 23.0 Å². The number of anilines is 1. The van der Waals surface area contributed by atoms with Gasteiger partial charge in [0.2, 0.25) is 10.0 Å². The predicted octanol–water partition coefficient (Wildman–Crippen LogP) is 2.52. The van der Waals surface area contributed by atoms with Crippen molar-refractivity contribution in [3.63, 3.8) is 0 Å². The lowest BCUT2D eigenvalue weighted by atomic mass is 10.2. The van der Waals surface area contributed by atoms with Crippen LogP contribution >= 0.6 is 11.6 Å². The summed E-state index contributed by atoms with van der Waals surface area (Å²) in [6.45, 7) is -0.114. The largest absolute Gasteiger partial charge is 0.497 e. The summed E-state index contributed by atoms with van der Waals surface area (Å²) in [6, 6.07) is 13.4. The van der Waals surface area contributed by atoms with Crippen molar-refractivity contribution in [2.75, 3.05) is 19.5 Å². The number of ether oxygens (including phenoxy) is 2. The number of halogens is 1. The van der Waals surface area contributed by atoms with Gasteiger partial charge in [0.15, 0.2) is 0 Å². The third kappa shape index (κ3) is 7.06. The van der Waals surface area contributed by atoms with Crippen molar-refractivity contribution in [3.8, 4) is 11.5 Å². The van der Waals surface area contributed by atoms with Crippen LogP contribution in [0.15, 0.2) is 69.0 Å². The molecule has 11 nitrogen and oxygen atoms in total. The van der Waals surface area contributed by atoms with Gasteiger partial charge in [-0.1, -0.05) is 11.6 Å². The van der Waals surface area contributed by atoms with E-state index in [4.69, 9.17) is 25.5 Å². The third-order valence-electron chi connectivity index (χ3n) is 4.46. The molecule has 0 bridgehead atoms. The van der Waals surface area contributed by atoms with Gasteiger partial charge in [-0.3, -0.25) is 9.59 Å². The molecule has 1 heterocycles. The zero-order chi connectivity index (χ0) is 25.4. The number of furan rings is 1. The molecule has 1 aromatic heterocycles. The molecule has 0 fully saturated rings. The zero-order valence-corrected chi connectivity index (χ0v) is 20.1. The minimum atomic E-state index is -3.76. The summed E-state index contributed by atoms with van der Waals surface area (Å²) in [5.41, 5.74) is 2.35. The van der Waals surface area contributed by atoms with Crippen molar-refractivity contribution in [1.29, 1.82) is 0 Å². The zero-order valence-electron chi connectivity index (χ0n) is 18.6.